The highest BCUT2D eigenvalue weighted by Crippen LogP contribution is 2.17. The minimum absolute atomic E-state index is 0.0317. The van der Waals surface area contributed by atoms with Gasteiger partial charge in [0, 0.05) is 23.7 Å². The maximum absolute atomic E-state index is 11.8. The van der Waals surface area contributed by atoms with E-state index in [-0.39, 0.29) is 11.9 Å². The van der Waals surface area contributed by atoms with Gasteiger partial charge in [0.05, 0.1) is 13.2 Å². The van der Waals surface area contributed by atoms with E-state index >= 15 is 0 Å². The normalized spacial score (nSPS) is 19.1. The van der Waals surface area contributed by atoms with Crippen molar-refractivity contribution in [2.75, 3.05) is 32.1 Å². The molecule has 1 amide bonds. The van der Waals surface area contributed by atoms with E-state index in [2.05, 4.69) is 41.8 Å². The quantitative estimate of drug-likeness (QED) is 0.628. The number of ether oxygens (including phenoxy) is 1. The van der Waals surface area contributed by atoms with E-state index in [1.54, 1.807) is 11.8 Å². The van der Waals surface area contributed by atoms with Crippen molar-refractivity contribution in [3.8, 4) is 0 Å². The minimum Gasteiger partial charge on any atom is -0.378 e. The zero-order valence-corrected chi connectivity index (χ0v) is 12.0. The number of thioether (sulfide) groups is 1. The van der Waals surface area contributed by atoms with Gasteiger partial charge in [-0.05, 0) is 19.1 Å². The number of carbonyl (C=O) groups is 1. The third-order valence-corrected chi connectivity index (χ3v) is 3.94. The SMILES string of the molecule is Cc1ccc(SCCNC(=O)C2COCCN2)cc1. The molecule has 1 aromatic rings. The van der Waals surface area contributed by atoms with Crippen LogP contribution in [0, 0.1) is 6.92 Å². The van der Waals surface area contributed by atoms with Crippen molar-refractivity contribution >= 4 is 17.7 Å². The topological polar surface area (TPSA) is 50.4 Å². The Kier molecular flexibility index (Phi) is 5.69. The second-order valence-corrected chi connectivity index (χ2v) is 5.70. The highest BCUT2D eigenvalue weighted by Gasteiger charge is 2.20. The highest BCUT2D eigenvalue weighted by molar-refractivity contribution is 7.99. The molecule has 4 nitrogen and oxygen atoms in total. The number of nitrogens with one attached hydrogen (secondary N) is 2. The molecule has 1 atom stereocenters. The van der Waals surface area contributed by atoms with Crippen LogP contribution in [-0.2, 0) is 9.53 Å². The summed E-state index contributed by atoms with van der Waals surface area (Å²) < 4.78 is 5.26. The van der Waals surface area contributed by atoms with Crippen LogP contribution in [0.3, 0.4) is 0 Å². The van der Waals surface area contributed by atoms with Gasteiger partial charge < -0.3 is 15.4 Å². The lowest BCUT2D eigenvalue weighted by Crippen LogP contribution is -2.51. The summed E-state index contributed by atoms with van der Waals surface area (Å²) in [6.07, 6.45) is 0. The van der Waals surface area contributed by atoms with E-state index in [4.69, 9.17) is 4.74 Å². The van der Waals surface area contributed by atoms with Crippen molar-refractivity contribution in [1.29, 1.82) is 0 Å². The molecule has 0 saturated carbocycles. The third-order valence-electron chi connectivity index (χ3n) is 2.93. The van der Waals surface area contributed by atoms with Gasteiger partial charge in [-0.2, -0.15) is 0 Å². The van der Waals surface area contributed by atoms with Crippen LogP contribution in [0.15, 0.2) is 29.2 Å². The standard InChI is InChI=1S/C14H20N2O2S/c1-11-2-4-12(5-3-11)19-9-7-16-14(17)13-10-18-8-6-15-13/h2-5,13,15H,6-10H2,1H3,(H,16,17). The van der Waals surface area contributed by atoms with E-state index < -0.39 is 0 Å². The zero-order chi connectivity index (χ0) is 13.5. The number of aryl methyl sites for hydroxylation is 1. The van der Waals surface area contributed by atoms with Crippen molar-refractivity contribution < 1.29 is 9.53 Å². The molecular weight excluding hydrogens is 260 g/mol. The zero-order valence-electron chi connectivity index (χ0n) is 11.1. The maximum atomic E-state index is 11.8. The van der Waals surface area contributed by atoms with E-state index in [1.807, 2.05) is 0 Å². The van der Waals surface area contributed by atoms with Crippen LogP contribution >= 0.6 is 11.8 Å². The van der Waals surface area contributed by atoms with Crippen LogP contribution < -0.4 is 10.6 Å². The maximum Gasteiger partial charge on any atom is 0.239 e. The number of amides is 1. The summed E-state index contributed by atoms with van der Waals surface area (Å²) in [6, 6.07) is 8.23. The predicted molar refractivity (Wildman–Crippen MR) is 77.5 cm³/mol. The molecule has 1 aliphatic rings. The fourth-order valence-electron chi connectivity index (χ4n) is 1.83. The second kappa shape index (κ2) is 7.53. The number of rotatable bonds is 5. The van der Waals surface area contributed by atoms with E-state index in [0.717, 1.165) is 12.3 Å². The first-order valence-corrected chi connectivity index (χ1v) is 7.52. The lowest BCUT2D eigenvalue weighted by atomic mass is 10.2. The Hall–Kier alpha value is -1.04. The lowest BCUT2D eigenvalue weighted by Gasteiger charge is -2.22. The van der Waals surface area contributed by atoms with Crippen molar-refractivity contribution in [2.45, 2.75) is 17.9 Å². The first-order chi connectivity index (χ1) is 9.25. The van der Waals surface area contributed by atoms with Crippen LogP contribution in [0.5, 0.6) is 0 Å². The van der Waals surface area contributed by atoms with Crippen LogP contribution in [0.25, 0.3) is 0 Å². The van der Waals surface area contributed by atoms with Crippen LogP contribution in [-0.4, -0.2) is 44.0 Å². The molecular formula is C14H20N2O2S. The van der Waals surface area contributed by atoms with Gasteiger partial charge in [-0.1, -0.05) is 17.7 Å². The Morgan fingerprint density at radius 2 is 2.26 bits per heavy atom. The van der Waals surface area contributed by atoms with Gasteiger partial charge in [-0.15, -0.1) is 11.8 Å². The average Bonchev–Trinajstić information content (AvgIpc) is 2.46. The Bertz CT molecular complexity index is 402. The van der Waals surface area contributed by atoms with Gasteiger partial charge in [0.25, 0.3) is 0 Å². The molecule has 2 N–H and O–H groups in total. The van der Waals surface area contributed by atoms with Crippen molar-refractivity contribution in [3.63, 3.8) is 0 Å². The van der Waals surface area contributed by atoms with Crippen molar-refractivity contribution in [3.05, 3.63) is 29.8 Å². The fraction of sp³-hybridized carbons (Fsp3) is 0.500. The molecule has 19 heavy (non-hydrogen) atoms. The lowest BCUT2D eigenvalue weighted by molar-refractivity contribution is -0.125. The summed E-state index contributed by atoms with van der Waals surface area (Å²) >= 11 is 1.75. The molecule has 1 aromatic carbocycles. The molecule has 0 spiro atoms. The predicted octanol–water partition coefficient (Wildman–Crippen LogP) is 1.19. The molecule has 104 valence electrons. The van der Waals surface area contributed by atoms with Crippen LogP contribution in [0.2, 0.25) is 0 Å². The number of benzene rings is 1. The van der Waals surface area contributed by atoms with Gasteiger partial charge in [-0.25, -0.2) is 0 Å². The van der Waals surface area contributed by atoms with Crippen molar-refractivity contribution in [2.24, 2.45) is 0 Å². The number of hydrogen-bond acceptors (Lipinski definition) is 4. The summed E-state index contributed by atoms with van der Waals surface area (Å²) in [5, 5.41) is 6.07. The summed E-state index contributed by atoms with van der Waals surface area (Å²) in [7, 11) is 0. The highest BCUT2D eigenvalue weighted by atomic mass is 32.2. The summed E-state index contributed by atoms with van der Waals surface area (Å²) in [5.41, 5.74) is 1.26. The molecule has 5 heteroatoms. The summed E-state index contributed by atoms with van der Waals surface area (Å²) in [4.78, 5) is 13.0. The van der Waals surface area contributed by atoms with Gasteiger partial charge in [-0.3, -0.25) is 4.79 Å². The average molecular weight is 280 g/mol. The van der Waals surface area contributed by atoms with E-state index in [9.17, 15) is 4.79 Å². The molecule has 0 aliphatic carbocycles. The molecule has 1 heterocycles. The van der Waals surface area contributed by atoms with E-state index in [0.29, 0.717) is 19.8 Å². The first-order valence-electron chi connectivity index (χ1n) is 6.54. The molecule has 0 aromatic heterocycles. The van der Waals surface area contributed by atoms with Gasteiger partial charge >= 0.3 is 0 Å². The number of carbonyl (C=O) groups excluding carboxylic acids is 1. The van der Waals surface area contributed by atoms with Gasteiger partial charge in [0.1, 0.15) is 6.04 Å². The monoisotopic (exact) mass is 280 g/mol. The smallest absolute Gasteiger partial charge is 0.239 e. The summed E-state index contributed by atoms with van der Waals surface area (Å²) in [5.74, 6) is 0.909. The Labute approximate surface area is 118 Å². The molecule has 0 bridgehead atoms. The Morgan fingerprint density at radius 1 is 1.47 bits per heavy atom. The summed E-state index contributed by atoms with van der Waals surface area (Å²) in [6.45, 7) is 4.66. The van der Waals surface area contributed by atoms with Gasteiger partial charge in [0.2, 0.25) is 5.91 Å². The number of hydrogen-bond donors (Lipinski definition) is 2. The molecule has 1 fully saturated rings. The molecule has 2 rings (SSSR count). The molecule has 1 saturated heterocycles. The molecule has 1 unspecified atom stereocenters. The minimum atomic E-state index is -0.196. The molecule has 1 aliphatic heterocycles. The van der Waals surface area contributed by atoms with Gasteiger partial charge in [0.15, 0.2) is 0 Å². The van der Waals surface area contributed by atoms with Crippen LogP contribution in [0.1, 0.15) is 5.56 Å². The van der Waals surface area contributed by atoms with Crippen molar-refractivity contribution in [1.82, 2.24) is 10.6 Å². The Balaban J connectivity index is 1.63. The van der Waals surface area contributed by atoms with Crippen LogP contribution in [0.4, 0.5) is 0 Å². The van der Waals surface area contributed by atoms with E-state index in [1.165, 1.54) is 10.5 Å². The largest absolute Gasteiger partial charge is 0.378 e. The second-order valence-electron chi connectivity index (χ2n) is 4.53. The fourth-order valence-corrected chi connectivity index (χ4v) is 2.60. The Morgan fingerprint density at radius 3 is 2.95 bits per heavy atom. The molecule has 0 radical (unpaired) electrons. The third kappa shape index (κ3) is 4.86. The number of morpholine rings is 1. The first kappa shape index (κ1) is 14.4.